The van der Waals surface area contributed by atoms with E-state index in [2.05, 4.69) is 44.0 Å². The molecule has 0 atom stereocenters. The number of anilines is 3. The van der Waals surface area contributed by atoms with E-state index in [1.165, 1.54) is 6.07 Å². The summed E-state index contributed by atoms with van der Waals surface area (Å²) < 4.78 is 17.1. The number of piperidine rings is 1. The number of aliphatic hydroxyl groups excluding tert-OH is 1. The zero-order valence-electron chi connectivity index (χ0n) is 22.1. The molecule has 2 aromatic heterocycles. The van der Waals surface area contributed by atoms with E-state index in [-0.39, 0.29) is 18.5 Å². The van der Waals surface area contributed by atoms with Gasteiger partial charge in [0.2, 0.25) is 5.95 Å². The molecule has 1 spiro atoms. The highest BCUT2D eigenvalue weighted by Crippen LogP contribution is 2.42. The second-order valence-electron chi connectivity index (χ2n) is 10.9. The van der Waals surface area contributed by atoms with Crippen LogP contribution in [0.2, 0.25) is 0 Å². The minimum Gasteiger partial charge on any atom is -0.396 e. The van der Waals surface area contributed by atoms with Gasteiger partial charge in [0.05, 0.1) is 17.6 Å². The molecule has 4 heterocycles. The summed E-state index contributed by atoms with van der Waals surface area (Å²) in [7, 11) is 0. The molecule has 0 bridgehead atoms. The molecule has 2 saturated heterocycles. The zero-order valence-corrected chi connectivity index (χ0v) is 22.1. The molecule has 198 valence electrons. The number of rotatable bonds is 9. The summed E-state index contributed by atoms with van der Waals surface area (Å²) in [5.74, 6) is 0.198. The maximum Gasteiger partial charge on any atom is 0.227 e. The lowest BCUT2D eigenvalue weighted by molar-refractivity contribution is -0.0194. The summed E-state index contributed by atoms with van der Waals surface area (Å²) in [6.07, 6.45) is 9.70. The van der Waals surface area contributed by atoms with Crippen LogP contribution in [0.1, 0.15) is 51.1 Å². The van der Waals surface area contributed by atoms with Gasteiger partial charge in [-0.25, -0.2) is 14.4 Å². The molecular weight excluding hydrogens is 469 g/mol. The Balaban J connectivity index is 1.20. The first kappa shape index (κ1) is 25.6. The lowest BCUT2D eigenvalue weighted by atomic mass is 9.72. The molecule has 9 heteroatoms. The second kappa shape index (κ2) is 10.8. The van der Waals surface area contributed by atoms with Gasteiger partial charge in [-0.1, -0.05) is 0 Å². The first-order valence-electron chi connectivity index (χ1n) is 13.4. The summed E-state index contributed by atoms with van der Waals surface area (Å²) in [6.45, 7) is 11.5. The van der Waals surface area contributed by atoms with Crippen molar-refractivity contribution in [1.29, 1.82) is 0 Å². The molecule has 2 aliphatic heterocycles. The van der Waals surface area contributed by atoms with Gasteiger partial charge in [0.15, 0.2) is 0 Å². The summed E-state index contributed by atoms with van der Waals surface area (Å²) >= 11 is 0. The minimum atomic E-state index is -0.231. The number of nitrogens with zero attached hydrogens (tertiary/aromatic N) is 6. The van der Waals surface area contributed by atoms with Crippen molar-refractivity contribution in [1.82, 2.24) is 24.6 Å². The maximum atomic E-state index is 15.2. The predicted molar refractivity (Wildman–Crippen MR) is 145 cm³/mol. The first-order valence-corrected chi connectivity index (χ1v) is 13.4. The van der Waals surface area contributed by atoms with E-state index in [0.29, 0.717) is 22.7 Å². The number of aromatic nitrogens is 4. The third kappa shape index (κ3) is 5.62. The van der Waals surface area contributed by atoms with Crippen LogP contribution in [0.15, 0.2) is 36.8 Å². The van der Waals surface area contributed by atoms with Crippen LogP contribution in [0.3, 0.4) is 0 Å². The zero-order chi connectivity index (χ0) is 26.0. The van der Waals surface area contributed by atoms with Gasteiger partial charge in [0, 0.05) is 62.5 Å². The number of benzene rings is 1. The summed E-state index contributed by atoms with van der Waals surface area (Å²) in [5, 5.41) is 16.6. The molecule has 0 unspecified atom stereocenters. The Kier molecular flexibility index (Phi) is 7.44. The van der Waals surface area contributed by atoms with E-state index in [1.807, 2.05) is 36.1 Å². The standard InChI is InChI=1S/C28H38FN7O/c1-20(2)36-17-22(16-31-36)26-21(3)15-30-27(33-26)32-23-6-7-25(24(29)14-23)35-11-8-28(9-12-35)18-34(19-28)10-4-5-13-37/h6-7,14-17,20,37H,4-5,8-13,18-19H2,1-3H3,(H,30,32,33). The van der Waals surface area contributed by atoms with Crippen molar-refractivity contribution in [3.8, 4) is 11.3 Å². The number of unbranched alkanes of at least 4 members (excludes halogenated alkanes) is 1. The monoisotopic (exact) mass is 507 g/mol. The normalized spacial score (nSPS) is 17.4. The highest BCUT2D eigenvalue weighted by Gasteiger charge is 2.44. The third-order valence-electron chi connectivity index (χ3n) is 7.74. The third-order valence-corrected chi connectivity index (χ3v) is 7.74. The molecule has 1 aromatic carbocycles. The van der Waals surface area contributed by atoms with E-state index in [1.54, 1.807) is 6.20 Å². The number of aliphatic hydroxyl groups is 1. The number of likely N-dealkylation sites (tertiary alicyclic amines) is 1. The van der Waals surface area contributed by atoms with Crippen molar-refractivity contribution in [3.63, 3.8) is 0 Å². The Bertz CT molecular complexity index is 1210. The molecule has 0 radical (unpaired) electrons. The van der Waals surface area contributed by atoms with Gasteiger partial charge in [-0.05, 0) is 82.2 Å². The van der Waals surface area contributed by atoms with Crippen molar-refractivity contribution in [3.05, 3.63) is 48.2 Å². The fraction of sp³-hybridized carbons (Fsp3) is 0.536. The molecule has 0 aliphatic carbocycles. The SMILES string of the molecule is Cc1cnc(Nc2ccc(N3CCC4(CC3)CN(CCCCO)C4)c(F)c2)nc1-c1cnn(C(C)C)c1. The number of aryl methyl sites for hydroxylation is 1. The Morgan fingerprint density at radius 2 is 1.92 bits per heavy atom. The van der Waals surface area contributed by atoms with E-state index in [4.69, 9.17) is 5.11 Å². The number of halogens is 1. The molecule has 2 fully saturated rings. The molecule has 8 nitrogen and oxygen atoms in total. The molecule has 3 aromatic rings. The van der Waals surface area contributed by atoms with Crippen molar-refractivity contribution < 1.29 is 9.50 Å². The van der Waals surface area contributed by atoms with E-state index in [0.717, 1.165) is 75.2 Å². The molecule has 2 aliphatic rings. The van der Waals surface area contributed by atoms with Gasteiger partial charge in [0.25, 0.3) is 0 Å². The van der Waals surface area contributed by atoms with Crippen LogP contribution in [0.25, 0.3) is 11.3 Å². The van der Waals surface area contributed by atoms with Crippen LogP contribution in [-0.2, 0) is 0 Å². The number of nitrogens with one attached hydrogen (secondary N) is 1. The molecule has 0 amide bonds. The van der Waals surface area contributed by atoms with Gasteiger partial charge >= 0.3 is 0 Å². The first-order chi connectivity index (χ1) is 17.9. The lowest BCUT2D eigenvalue weighted by Crippen LogP contribution is -2.60. The Morgan fingerprint density at radius 3 is 2.59 bits per heavy atom. The average molecular weight is 508 g/mol. The van der Waals surface area contributed by atoms with Gasteiger partial charge < -0.3 is 20.2 Å². The molecule has 0 saturated carbocycles. The van der Waals surface area contributed by atoms with Crippen LogP contribution in [0.4, 0.5) is 21.7 Å². The van der Waals surface area contributed by atoms with Gasteiger partial charge in [0.1, 0.15) is 5.82 Å². The topological polar surface area (TPSA) is 82.3 Å². The van der Waals surface area contributed by atoms with Gasteiger partial charge in [-0.3, -0.25) is 4.68 Å². The highest BCUT2D eigenvalue weighted by molar-refractivity contribution is 5.65. The number of hydrogen-bond donors (Lipinski definition) is 2. The van der Waals surface area contributed by atoms with Gasteiger partial charge in [-0.15, -0.1) is 0 Å². The summed E-state index contributed by atoms with van der Waals surface area (Å²) in [6, 6.07) is 5.56. The molecule has 2 N–H and O–H groups in total. The largest absolute Gasteiger partial charge is 0.396 e. The van der Waals surface area contributed by atoms with Crippen molar-refractivity contribution in [2.45, 2.75) is 52.5 Å². The second-order valence-corrected chi connectivity index (χ2v) is 10.9. The van der Waals surface area contributed by atoms with Crippen molar-refractivity contribution in [2.24, 2.45) is 5.41 Å². The Labute approximate surface area is 218 Å². The molecular formula is C28H38FN7O. The van der Waals surface area contributed by atoms with Crippen molar-refractivity contribution in [2.75, 3.05) is 49.5 Å². The van der Waals surface area contributed by atoms with E-state index in [9.17, 15) is 0 Å². The van der Waals surface area contributed by atoms with E-state index >= 15 is 4.39 Å². The Morgan fingerprint density at radius 1 is 1.14 bits per heavy atom. The highest BCUT2D eigenvalue weighted by atomic mass is 19.1. The van der Waals surface area contributed by atoms with Crippen LogP contribution in [0.5, 0.6) is 0 Å². The lowest BCUT2D eigenvalue weighted by Gasteiger charge is -2.54. The van der Waals surface area contributed by atoms with Crippen molar-refractivity contribution >= 4 is 17.3 Å². The van der Waals surface area contributed by atoms with Crippen LogP contribution < -0.4 is 10.2 Å². The minimum absolute atomic E-state index is 0.231. The molecule has 37 heavy (non-hydrogen) atoms. The van der Waals surface area contributed by atoms with Crippen LogP contribution in [-0.4, -0.2) is 69.1 Å². The van der Waals surface area contributed by atoms with Crippen LogP contribution in [0, 0.1) is 18.2 Å². The van der Waals surface area contributed by atoms with Crippen LogP contribution >= 0.6 is 0 Å². The van der Waals surface area contributed by atoms with Gasteiger partial charge in [-0.2, -0.15) is 5.10 Å². The predicted octanol–water partition coefficient (Wildman–Crippen LogP) is 4.79. The fourth-order valence-corrected chi connectivity index (χ4v) is 5.55. The summed E-state index contributed by atoms with van der Waals surface area (Å²) in [4.78, 5) is 13.8. The number of hydrogen-bond acceptors (Lipinski definition) is 7. The quantitative estimate of drug-likeness (QED) is 0.403. The maximum absolute atomic E-state index is 15.2. The summed E-state index contributed by atoms with van der Waals surface area (Å²) in [5.41, 5.74) is 4.37. The molecule has 5 rings (SSSR count). The average Bonchev–Trinajstić information content (AvgIpc) is 3.36. The smallest absolute Gasteiger partial charge is 0.227 e. The fourth-order valence-electron chi connectivity index (χ4n) is 5.55. The Hall–Kier alpha value is -3.04. The van der Waals surface area contributed by atoms with E-state index < -0.39 is 0 Å².